The first-order chi connectivity index (χ1) is 9.88. The predicted octanol–water partition coefficient (Wildman–Crippen LogP) is 3.09. The fourth-order valence-corrected chi connectivity index (χ4v) is 1.68. The van der Waals surface area contributed by atoms with Gasteiger partial charge < -0.3 is 5.32 Å². The molecule has 110 valence electrons. The van der Waals surface area contributed by atoms with Crippen molar-refractivity contribution in [3.05, 3.63) is 51.3 Å². The summed E-state index contributed by atoms with van der Waals surface area (Å²) in [6, 6.07) is 4.72. The maximum atomic E-state index is 12.3. The molecular weight excluding hydrogens is 310 g/mol. The lowest BCUT2D eigenvalue weighted by Gasteiger charge is -2.04. The number of anilines is 1. The molecule has 0 radical (unpaired) electrons. The molecular formula is C11H7ClF2N4O3. The minimum Gasteiger partial charge on any atom is -0.315 e. The number of amides is 1. The highest BCUT2D eigenvalue weighted by atomic mass is 35.5. The first-order valence-electron chi connectivity index (χ1n) is 5.47. The molecule has 2 aromatic rings. The summed E-state index contributed by atoms with van der Waals surface area (Å²) in [5.41, 5.74) is -0.815. The second kappa shape index (κ2) is 5.83. The van der Waals surface area contributed by atoms with Gasteiger partial charge >= 0.3 is 6.55 Å². The summed E-state index contributed by atoms with van der Waals surface area (Å²) in [5, 5.41) is 16.6. The van der Waals surface area contributed by atoms with Gasteiger partial charge in [0.25, 0.3) is 11.6 Å². The summed E-state index contributed by atoms with van der Waals surface area (Å²) in [4.78, 5) is 22.0. The maximum absolute atomic E-state index is 12.3. The number of alkyl halides is 2. The molecule has 2 rings (SSSR count). The molecule has 0 unspecified atom stereocenters. The molecule has 0 aliphatic heterocycles. The Morgan fingerprint density at radius 3 is 2.71 bits per heavy atom. The number of aromatic nitrogens is 2. The molecule has 7 nitrogen and oxygen atoms in total. The fraction of sp³-hybridized carbons (Fsp3) is 0.0909. The molecule has 1 heterocycles. The average Bonchev–Trinajstić information content (AvgIpc) is 2.90. The van der Waals surface area contributed by atoms with Crippen LogP contribution in [-0.4, -0.2) is 20.6 Å². The topological polar surface area (TPSA) is 90.1 Å². The van der Waals surface area contributed by atoms with Gasteiger partial charge in [-0.15, -0.1) is 0 Å². The number of nitro groups is 1. The molecule has 1 aromatic carbocycles. The van der Waals surface area contributed by atoms with Crippen molar-refractivity contribution in [1.82, 2.24) is 9.78 Å². The molecule has 0 fully saturated rings. The van der Waals surface area contributed by atoms with Crippen molar-refractivity contribution in [2.75, 3.05) is 5.32 Å². The summed E-state index contributed by atoms with van der Waals surface area (Å²) in [6.45, 7) is -2.88. The zero-order valence-electron chi connectivity index (χ0n) is 10.2. The fourth-order valence-electron chi connectivity index (χ4n) is 1.52. The highest BCUT2D eigenvalue weighted by Crippen LogP contribution is 2.28. The Morgan fingerprint density at radius 2 is 2.14 bits per heavy atom. The molecule has 21 heavy (non-hydrogen) atoms. The standard InChI is InChI=1S/C11H7ClF2N4O3/c12-6-1-2-7(9(5-6)18(20)21)15-10(19)8-3-4-17(16-8)11(13)14/h1-5,11H,(H,15,19). The van der Waals surface area contributed by atoms with Gasteiger partial charge in [-0.2, -0.15) is 13.9 Å². The van der Waals surface area contributed by atoms with E-state index in [-0.39, 0.29) is 16.4 Å². The second-order valence-electron chi connectivity index (χ2n) is 3.83. The van der Waals surface area contributed by atoms with Gasteiger partial charge in [-0.05, 0) is 18.2 Å². The Hall–Kier alpha value is -2.55. The van der Waals surface area contributed by atoms with E-state index in [1.807, 2.05) is 0 Å². The zero-order chi connectivity index (χ0) is 15.6. The number of benzene rings is 1. The largest absolute Gasteiger partial charge is 0.333 e. The quantitative estimate of drug-likeness (QED) is 0.693. The molecule has 1 N–H and O–H groups in total. The van der Waals surface area contributed by atoms with E-state index < -0.39 is 23.1 Å². The van der Waals surface area contributed by atoms with Crippen LogP contribution in [0.25, 0.3) is 0 Å². The Labute approximate surface area is 121 Å². The lowest BCUT2D eigenvalue weighted by Crippen LogP contribution is -2.14. The van der Waals surface area contributed by atoms with Gasteiger partial charge in [0.2, 0.25) is 0 Å². The van der Waals surface area contributed by atoms with Crippen molar-refractivity contribution in [2.24, 2.45) is 0 Å². The normalized spacial score (nSPS) is 10.7. The smallest absolute Gasteiger partial charge is 0.315 e. The van der Waals surface area contributed by atoms with Crippen LogP contribution < -0.4 is 5.32 Å². The van der Waals surface area contributed by atoms with Gasteiger partial charge in [0.15, 0.2) is 5.69 Å². The molecule has 0 saturated carbocycles. The number of carbonyl (C=O) groups is 1. The van der Waals surface area contributed by atoms with E-state index in [1.165, 1.54) is 12.1 Å². The van der Waals surface area contributed by atoms with Crippen molar-refractivity contribution < 1.29 is 18.5 Å². The number of nitro benzene ring substituents is 1. The molecule has 1 aromatic heterocycles. The van der Waals surface area contributed by atoms with Gasteiger partial charge in [0.1, 0.15) is 5.69 Å². The summed E-state index contributed by atoms with van der Waals surface area (Å²) in [7, 11) is 0. The van der Waals surface area contributed by atoms with E-state index in [1.54, 1.807) is 0 Å². The first kappa shape index (κ1) is 14.9. The number of hydrogen-bond donors (Lipinski definition) is 1. The van der Waals surface area contributed by atoms with Crippen LogP contribution in [0.2, 0.25) is 5.02 Å². The molecule has 0 aliphatic rings. The highest BCUT2D eigenvalue weighted by Gasteiger charge is 2.19. The molecule has 0 saturated heterocycles. The Balaban J connectivity index is 2.25. The SMILES string of the molecule is O=C(Nc1ccc(Cl)cc1[N+](=O)[O-])c1ccn(C(F)F)n1. The molecule has 0 aliphatic carbocycles. The van der Waals surface area contributed by atoms with Gasteiger partial charge in [-0.3, -0.25) is 14.9 Å². The number of hydrogen-bond acceptors (Lipinski definition) is 4. The second-order valence-corrected chi connectivity index (χ2v) is 4.27. The van der Waals surface area contributed by atoms with E-state index >= 15 is 0 Å². The van der Waals surface area contributed by atoms with Crippen molar-refractivity contribution in [3.63, 3.8) is 0 Å². The van der Waals surface area contributed by atoms with E-state index in [2.05, 4.69) is 10.4 Å². The minimum atomic E-state index is -2.88. The third kappa shape index (κ3) is 3.31. The van der Waals surface area contributed by atoms with Crippen LogP contribution in [0.15, 0.2) is 30.5 Å². The maximum Gasteiger partial charge on any atom is 0.333 e. The zero-order valence-corrected chi connectivity index (χ0v) is 10.9. The van der Waals surface area contributed by atoms with Crippen LogP contribution in [0.4, 0.5) is 20.2 Å². The van der Waals surface area contributed by atoms with E-state index in [0.717, 1.165) is 18.3 Å². The number of halogens is 3. The van der Waals surface area contributed by atoms with Crippen molar-refractivity contribution in [1.29, 1.82) is 0 Å². The first-order valence-corrected chi connectivity index (χ1v) is 5.85. The summed E-state index contributed by atoms with van der Waals surface area (Å²) in [6.07, 6.45) is 0.926. The lowest BCUT2D eigenvalue weighted by atomic mass is 10.2. The van der Waals surface area contributed by atoms with E-state index in [9.17, 15) is 23.7 Å². The third-order valence-electron chi connectivity index (χ3n) is 2.45. The van der Waals surface area contributed by atoms with Crippen LogP contribution in [0.5, 0.6) is 0 Å². The van der Waals surface area contributed by atoms with Crippen LogP contribution >= 0.6 is 11.6 Å². The van der Waals surface area contributed by atoms with Crippen molar-refractivity contribution >= 4 is 28.9 Å². The van der Waals surface area contributed by atoms with Gasteiger partial charge in [0.05, 0.1) is 4.92 Å². The summed E-state index contributed by atoms with van der Waals surface area (Å²) < 4.78 is 25.0. The third-order valence-corrected chi connectivity index (χ3v) is 2.68. The van der Waals surface area contributed by atoms with E-state index in [0.29, 0.717) is 4.68 Å². The summed E-state index contributed by atoms with van der Waals surface area (Å²) >= 11 is 5.64. The summed E-state index contributed by atoms with van der Waals surface area (Å²) in [5.74, 6) is -0.847. The Bertz CT molecular complexity index is 705. The lowest BCUT2D eigenvalue weighted by molar-refractivity contribution is -0.383. The number of nitrogens with one attached hydrogen (secondary N) is 1. The molecule has 10 heteroatoms. The molecule has 1 amide bonds. The van der Waals surface area contributed by atoms with Crippen LogP contribution in [0.1, 0.15) is 17.0 Å². The van der Waals surface area contributed by atoms with Gasteiger partial charge in [-0.25, -0.2) is 4.68 Å². The monoisotopic (exact) mass is 316 g/mol. The van der Waals surface area contributed by atoms with Crippen LogP contribution in [0.3, 0.4) is 0 Å². The van der Waals surface area contributed by atoms with Crippen LogP contribution in [-0.2, 0) is 0 Å². The van der Waals surface area contributed by atoms with Gasteiger partial charge in [0, 0.05) is 17.3 Å². The molecule has 0 atom stereocenters. The Kier molecular flexibility index (Phi) is 4.13. The number of nitrogens with zero attached hydrogens (tertiary/aromatic N) is 3. The van der Waals surface area contributed by atoms with Gasteiger partial charge in [-0.1, -0.05) is 11.6 Å². The average molecular weight is 317 g/mol. The predicted molar refractivity (Wildman–Crippen MR) is 69.5 cm³/mol. The molecule has 0 bridgehead atoms. The van der Waals surface area contributed by atoms with Crippen molar-refractivity contribution in [2.45, 2.75) is 6.55 Å². The van der Waals surface area contributed by atoms with Crippen molar-refractivity contribution in [3.8, 4) is 0 Å². The van der Waals surface area contributed by atoms with Crippen LogP contribution in [0, 0.1) is 10.1 Å². The Morgan fingerprint density at radius 1 is 1.43 bits per heavy atom. The number of rotatable bonds is 4. The number of carbonyl (C=O) groups excluding carboxylic acids is 1. The highest BCUT2D eigenvalue weighted by molar-refractivity contribution is 6.31. The van der Waals surface area contributed by atoms with E-state index in [4.69, 9.17) is 11.6 Å². The minimum absolute atomic E-state index is 0.110. The molecule has 0 spiro atoms.